The summed E-state index contributed by atoms with van der Waals surface area (Å²) in [7, 11) is -3.32. The van der Waals surface area contributed by atoms with Gasteiger partial charge in [0.1, 0.15) is 23.4 Å². The number of anilines is 1. The summed E-state index contributed by atoms with van der Waals surface area (Å²) in [6, 6.07) is 3.16. The Morgan fingerprint density at radius 1 is 1.11 bits per heavy atom. The summed E-state index contributed by atoms with van der Waals surface area (Å²) >= 11 is 1.64. The lowest BCUT2D eigenvalue weighted by Gasteiger charge is -2.36. The normalized spacial score (nSPS) is 20.0. The summed E-state index contributed by atoms with van der Waals surface area (Å²) < 4.78 is 34.4. The van der Waals surface area contributed by atoms with E-state index in [0.29, 0.717) is 43.2 Å². The minimum atomic E-state index is -3.32. The number of fused-ring (bicyclic) bond motifs is 3. The number of carbonyl (C=O) groups excluding carboxylic acids is 1. The van der Waals surface area contributed by atoms with E-state index in [-0.39, 0.29) is 24.3 Å². The molecule has 6 rings (SSSR count). The maximum atomic E-state index is 13.7. The maximum absolute atomic E-state index is 13.7. The highest BCUT2D eigenvalue weighted by Crippen LogP contribution is 2.41. The van der Waals surface area contributed by atoms with Crippen LogP contribution in [0, 0.1) is 13.8 Å². The summed E-state index contributed by atoms with van der Waals surface area (Å²) in [5.41, 5.74) is 3.79. The largest absolute Gasteiger partial charge is 0.482 e. The molecule has 0 aliphatic carbocycles. The van der Waals surface area contributed by atoms with E-state index in [4.69, 9.17) is 9.72 Å². The van der Waals surface area contributed by atoms with E-state index in [1.807, 2.05) is 25.7 Å². The number of imidazole rings is 1. The molecule has 1 saturated heterocycles. The highest BCUT2D eigenvalue weighted by Gasteiger charge is 2.39. The van der Waals surface area contributed by atoms with E-state index >= 15 is 0 Å². The molecule has 0 saturated carbocycles. The monoisotopic (exact) mass is 556 g/mol. The number of ether oxygens (including phenoxy) is 1. The summed E-state index contributed by atoms with van der Waals surface area (Å²) in [5.74, 6) is 2.06. The van der Waals surface area contributed by atoms with Gasteiger partial charge in [-0.15, -0.1) is 11.3 Å². The molecule has 0 bridgehead atoms. The second kappa shape index (κ2) is 9.64. The topological polar surface area (TPSA) is 111 Å². The SMILES string of the molecule is CCc1nc(N2CCCS2(=O)=O)ccc1OCC(=O)N1CCc2nc3n(c2C1c1sc(C)nc1C)CCC3. The standard InChI is InChI=1S/C26H32N6O4S2/c1-4-18-20(8-9-22(28-18)32-12-6-14-38(32,34)35)36-15-23(33)31-13-10-19-24(30-11-5-7-21(30)29-19)25(31)26-16(2)27-17(3)37-26/h8-9,25H,4-7,10-15H2,1-3H3. The van der Waals surface area contributed by atoms with Crippen LogP contribution in [0.5, 0.6) is 5.75 Å². The highest BCUT2D eigenvalue weighted by atomic mass is 32.2. The lowest BCUT2D eigenvalue weighted by molar-refractivity contribution is -0.135. The Hall–Kier alpha value is -2.99. The van der Waals surface area contributed by atoms with Crippen molar-refractivity contribution in [3.05, 3.63) is 50.6 Å². The molecular formula is C26H32N6O4S2. The molecule has 6 heterocycles. The van der Waals surface area contributed by atoms with Crippen LogP contribution in [0.25, 0.3) is 0 Å². The van der Waals surface area contributed by atoms with E-state index in [0.717, 1.165) is 58.6 Å². The van der Waals surface area contributed by atoms with E-state index in [9.17, 15) is 13.2 Å². The van der Waals surface area contributed by atoms with Crippen molar-refractivity contribution in [3.8, 4) is 5.75 Å². The molecule has 12 heteroatoms. The van der Waals surface area contributed by atoms with Crippen molar-refractivity contribution in [1.29, 1.82) is 0 Å². The molecule has 0 radical (unpaired) electrons. The van der Waals surface area contributed by atoms with Crippen LogP contribution in [-0.2, 0) is 40.6 Å². The third-order valence-electron chi connectivity index (χ3n) is 7.57. The zero-order valence-electron chi connectivity index (χ0n) is 21.9. The number of nitrogens with zero attached hydrogens (tertiary/aromatic N) is 6. The first kappa shape index (κ1) is 25.3. The van der Waals surface area contributed by atoms with Gasteiger partial charge in [-0.25, -0.2) is 23.4 Å². The van der Waals surface area contributed by atoms with Crippen molar-refractivity contribution in [2.75, 3.05) is 29.8 Å². The third-order valence-corrected chi connectivity index (χ3v) is 10.5. The Bertz CT molecular complexity index is 1510. The van der Waals surface area contributed by atoms with E-state index in [1.165, 1.54) is 4.31 Å². The minimum absolute atomic E-state index is 0.104. The van der Waals surface area contributed by atoms with Crippen LogP contribution in [0.2, 0.25) is 0 Å². The predicted octanol–water partition coefficient (Wildman–Crippen LogP) is 2.95. The minimum Gasteiger partial charge on any atom is -0.482 e. The van der Waals surface area contributed by atoms with Crippen LogP contribution in [-0.4, -0.2) is 64.2 Å². The zero-order chi connectivity index (χ0) is 26.6. The molecule has 10 nitrogen and oxygen atoms in total. The molecule has 0 spiro atoms. The van der Waals surface area contributed by atoms with Gasteiger partial charge in [-0.3, -0.25) is 9.10 Å². The van der Waals surface area contributed by atoms with E-state index in [1.54, 1.807) is 23.5 Å². The number of aryl methyl sites for hydroxylation is 4. The van der Waals surface area contributed by atoms with Crippen molar-refractivity contribution in [2.24, 2.45) is 0 Å². The number of sulfonamides is 1. The second-order valence-electron chi connectivity index (χ2n) is 10.0. The van der Waals surface area contributed by atoms with E-state index in [2.05, 4.69) is 14.5 Å². The van der Waals surface area contributed by atoms with Crippen molar-refractivity contribution >= 4 is 33.1 Å². The lowest BCUT2D eigenvalue weighted by atomic mass is 9.99. The smallest absolute Gasteiger partial charge is 0.261 e. The van der Waals surface area contributed by atoms with Crippen LogP contribution in [0.3, 0.4) is 0 Å². The van der Waals surface area contributed by atoms with Gasteiger partial charge in [0, 0.05) is 32.5 Å². The summed E-state index contributed by atoms with van der Waals surface area (Å²) in [6.45, 7) is 7.75. The van der Waals surface area contributed by atoms with Gasteiger partial charge >= 0.3 is 0 Å². The summed E-state index contributed by atoms with van der Waals surface area (Å²) in [5, 5.41) is 0.980. The lowest BCUT2D eigenvalue weighted by Crippen LogP contribution is -2.43. The van der Waals surface area contributed by atoms with Gasteiger partial charge in [0.05, 0.1) is 38.4 Å². The predicted molar refractivity (Wildman–Crippen MR) is 144 cm³/mol. The first-order valence-electron chi connectivity index (χ1n) is 13.2. The molecule has 38 heavy (non-hydrogen) atoms. The van der Waals surface area contributed by atoms with Gasteiger partial charge in [0.15, 0.2) is 6.61 Å². The molecule has 3 aromatic heterocycles. The molecule has 1 fully saturated rings. The van der Waals surface area contributed by atoms with Crippen LogP contribution >= 0.6 is 11.3 Å². The van der Waals surface area contributed by atoms with Crippen molar-refractivity contribution in [2.45, 2.75) is 65.5 Å². The molecule has 3 aliphatic heterocycles. The molecule has 0 aromatic carbocycles. The van der Waals surface area contributed by atoms with Gasteiger partial charge in [0.25, 0.3) is 5.91 Å². The fourth-order valence-corrected chi connectivity index (χ4v) is 8.40. The number of carbonyl (C=O) groups is 1. The maximum Gasteiger partial charge on any atom is 0.261 e. The summed E-state index contributed by atoms with van der Waals surface area (Å²) in [6.07, 6.45) is 3.91. The number of rotatable bonds is 6. The average Bonchev–Trinajstić information content (AvgIpc) is 3.65. The number of pyridine rings is 1. The van der Waals surface area contributed by atoms with E-state index < -0.39 is 10.0 Å². The number of hydrogen-bond donors (Lipinski definition) is 0. The van der Waals surface area contributed by atoms with Gasteiger partial charge < -0.3 is 14.2 Å². The van der Waals surface area contributed by atoms with Crippen LogP contribution in [0.1, 0.15) is 64.3 Å². The molecule has 3 aromatic rings. The molecule has 0 N–H and O–H groups in total. The number of amides is 1. The number of hydrogen-bond acceptors (Lipinski definition) is 8. The Morgan fingerprint density at radius 3 is 2.66 bits per heavy atom. The fraction of sp³-hybridized carbons (Fsp3) is 0.538. The van der Waals surface area contributed by atoms with Crippen molar-refractivity contribution < 1.29 is 17.9 Å². The van der Waals surface area contributed by atoms with Crippen molar-refractivity contribution in [1.82, 2.24) is 24.4 Å². The third kappa shape index (κ3) is 4.27. The molecule has 1 unspecified atom stereocenters. The molecule has 1 amide bonds. The quantitative estimate of drug-likeness (QED) is 0.459. The first-order valence-corrected chi connectivity index (χ1v) is 15.6. The zero-order valence-corrected chi connectivity index (χ0v) is 23.6. The second-order valence-corrected chi connectivity index (χ2v) is 13.3. The summed E-state index contributed by atoms with van der Waals surface area (Å²) in [4.78, 5) is 30.9. The van der Waals surface area contributed by atoms with Crippen LogP contribution in [0.15, 0.2) is 12.1 Å². The van der Waals surface area contributed by atoms with Gasteiger partial charge in [-0.05, 0) is 45.2 Å². The van der Waals surface area contributed by atoms with Crippen LogP contribution < -0.4 is 9.04 Å². The Balaban J connectivity index is 1.26. The Labute approximate surface area is 226 Å². The Morgan fingerprint density at radius 2 is 1.95 bits per heavy atom. The fourth-order valence-electron chi connectivity index (χ4n) is 5.85. The molecule has 3 aliphatic rings. The average molecular weight is 557 g/mol. The van der Waals surface area contributed by atoms with Crippen molar-refractivity contribution in [3.63, 3.8) is 0 Å². The molecule has 202 valence electrons. The molecule has 1 atom stereocenters. The highest BCUT2D eigenvalue weighted by molar-refractivity contribution is 7.93. The number of aromatic nitrogens is 4. The van der Waals surface area contributed by atoms with Gasteiger partial charge in [-0.1, -0.05) is 6.92 Å². The first-order chi connectivity index (χ1) is 18.3. The molecular weight excluding hydrogens is 524 g/mol. The van der Waals surface area contributed by atoms with Gasteiger partial charge in [0.2, 0.25) is 10.0 Å². The Kier molecular flexibility index (Phi) is 6.42. The van der Waals surface area contributed by atoms with Crippen LogP contribution in [0.4, 0.5) is 5.82 Å². The number of thiazole rings is 1. The van der Waals surface area contributed by atoms with Gasteiger partial charge in [-0.2, -0.15) is 0 Å².